The highest BCUT2D eigenvalue weighted by atomic mass is 16.5. The van der Waals surface area contributed by atoms with Gasteiger partial charge in [-0.15, -0.1) is 0 Å². The zero-order valence-electron chi connectivity index (χ0n) is 13.1. The van der Waals surface area contributed by atoms with Crippen molar-refractivity contribution in [3.8, 4) is 0 Å². The van der Waals surface area contributed by atoms with E-state index in [0.29, 0.717) is 29.4 Å². The van der Waals surface area contributed by atoms with E-state index in [1.54, 1.807) is 6.92 Å². The van der Waals surface area contributed by atoms with E-state index in [1.165, 1.54) is 0 Å². The Morgan fingerprint density at radius 1 is 1.20 bits per heavy atom. The molecule has 1 aromatic rings. The van der Waals surface area contributed by atoms with Crippen molar-refractivity contribution < 1.29 is 14.6 Å². The molecule has 0 fully saturated rings. The summed E-state index contributed by atoms with van der Waals surface area (Å²) < 4.78 is 5.71. The van der Waals surface area contributed by atoms with Gasteiger partial charge in [0.05, 0.1) is 5.92 Å². The van der Waals surface area contributed by atoms with Crippen molar-refractivity contribution in [3.63, 3.8) is 0 Å². The highest BCUT2D eigenvalue weighted by molar-refractivity contribution is 5.76. The second-order valence-corrected chi connectivity index (χ2v) is 5.35. The maximum atomic E-state index is 11.2. The number of hydrogen-bond donors (Lipinski definition) is 1. The molecule has 2 atom stereocenters. The van der Waals surface area contributed by atoms with Gasteiger partial charge in [0.25, 0.3) is 0 Å². The molecule has 0 saturated carbocycles. The van der Waals surface area contributed by atoms with Crippen LogP contribution in [0.1, 0.15) is 62.5 Å². The van der Waals surface area contributed by atoms with Gasteiger partial charge in [-0.05, 0) is 33.6 Å². The summed E-state index contributed by atoms with van der Waals surface area (Å²) in [5.41, 5.74) is 2.13. The molecule has 1 aromatic heterocycles. The first-order chi connectivity index (χ1) is 9.29. The predicted molar refractivity (Wildman–Crippen MR) is 76.8 cm³/mol. The van der Waals surface area contributed by atoms with Crippen LogP contribution in [0.3, 0.4) is 0 Å². The van der Waals surface area contributed by atoms with Crippen LogP contribution in [-0.2, 0) is 9.53 Å². The molecule has 0 radical (unpaired) electrons. The van der Waals surface area contributed by atoms with Crippen LogP contribution in [0.4, 0.5) is 0 Å². The lowest BCUT2D eigenvalue weighted by atomic mass is 9.97. The van der Waals surface area contributed by atoms with Gasteiger partial charge in [-0.1, -0.05) is 13.8 Å². The van der Waals surface area contributed by atoms with E-state index >= 15 is 0 Å². The number of aromatic nitrogens is 2. The first-order valence-electron chi connectivity index (χ1n) is 6.99. The van der Waals surface area contributed by atoms with Gasteiger partial charge in [0, 0.05) is 23.6 Å². The highest BCUT2D eigenvalue weighted by Gasteiger charge is 2.24. The second kappa shape index (κ2) is 6.79. The zero-order chi connectivity index (χ0) is 15.4. The number of hydrogen-bond acceptors (Lipinski definition) is 4. The number of aryl methyl sites for hydroxylation is 2. The molecule has 0 amide bonds. The van der Waals surface area contributed by atoms with Gasteiger partial charge in [-0.3, -0.25) is 4.79 Å². The van der Waals surface area contributed by atoms with Gasteiger partial charge in [-0.25, -0.2) is 9.97 Å². The summed E-state index contributed by atoms with van der Waals surface area (Å²) in [7, 11) is 0. The summed E-state index contributed by atoms with van der Waals surface area (Å²) in [4.78, 5) is 20.1. The lowest BCUT2D eigenvalue weighted by Gasteiger charge is -2.22. The molecule has 5 nitrogen and oxygen atoms in total. The Kier molecular flexibility index (Phi) is 5.62. The fraction of sp³-hybridized carbons (Fsp3) is 0.667. The molecular formula is C15H24N2O3. The third-order valence-corrected chi connectivity index (χ3v) is 3.35. The normalized spacial score (nSPS) is 14.3. The summed E-state index contributed by atoms with van der Waals surface area (Å²) in [6.45, 7) is 12.0. The molecule has 20 heavy (non-hydrogen) atoms. The zero-order valence-corrected chi connectivity index (χ0v) is 13.1. The average molecular weight is 280 g/mol. The predicted octanol–water partition coefficient (Wildman–Crippen LogP) is 3.02. The molecule has 0 aromatic carbocycles. The maximum Gasteiger partial charge on any atom is 0.310 e. The topological polar surface area (TPSA) is 72.3 Å². The van der Waals surface area contributed by atoms with Gasteiger partial charge in [-0.2, -0.15) is 0 Å². The first kappa shape index (κ1) is 16.6. The highest BCUT2D eigenvalue weighted by Crippen LogP contribution is 2.27. The largest absolute Gasteiger partial charge is 0.481 e. The molecule has 1 N–H and O–H groups in total. The number of carboxylic acids is 1. The molecule has 5 heteroatoms. The summed E-state index contributed by atoms with van der Waals surface area (Å²) >= 11 is 0. The fourth-order valence-corrected chi connectivity index (χ4v) is 2.37. The van der Waals surface area contributed by atoms with Crippen LogP contribution >= 0.6 is 0 Å². The van der Waals surface area contributed by atoms with E-state index in [-0.39, 0.29) is 12.0 Å². The summed E-state index contributed by atoms with van der Waals surface area (Å²) in [6, 6.07) is 0. The van der Waals surface area contributed by atoms with Crippen molar-refractivity contribution in [3.05, 3.63) is 22.8 Å². The monoisotopic (exact) mass is 280 g/mol. The van der Waals surface area contributed by atoms with Crippen molar-refractivity contribution >= 4 is 5.97 Å². The van der Waals surface area contributed by atoms with Crippen LogP contribution in [0.15, 0.2) is 0 Å². The molecule has 0 bridgehead atoms. The van der Waals surface area contributed by atoms with Gasteiger partial charge in [0.1, 0.15) is 6.10 Å². The van der Waals surface area contributed by atoms with Crippen LogP contribution in [-0.4, -0.2) is 27.7 Å². The minimum absolute atomic E-state index is 0.161. The minimum atomic E-state index is -0.863. The molecule has 0 aliphatic heterocycles. The van der Waals surface area contributed by atoms with E-state index in [2.05, 4.69) is 23.8 Å². The summed E-state index contributed by atoms with van der Waals surface area (Å²) in [5.74, 6) is -0.568. The van der Waals surface area contributed by atoms with E-state index in [1.807, 2.05) is 20.8 Å². The smallest absolute Gasteiger partial charge is 0.310 e. The van der Waals surface area contributed by atoms with Crippen LogP contribution in [0.2, 0.25) is 0 Å². The Labute approximate surface area is 120 Å². The Balaban J connectivity index is 3.25. The quantitative estimate of drug-likeness (QED) is 0.867. The molecule has 0 aliphatic rings. The summed E-state index contributed by atoms with van der Waals surface area (Å²) in [6.07, 6.45) is -0.161. The molecule has 2 unspecified atom stereocenters. The lowest BCUT2D eigenvalue weighted by molar-refractivity contribution is -0.138. The number of nitrogens with zero attached hydrogens (tertiary/aromatic N) is 2. The molecule has 0 aliphatic carbocycles. The third-order valence-electron chi connectivity index (χ3n) is 3.35. The molecule has 1 rings (SSSR count). The third kappa shape index (κ3) is 3.54. The number of carboxylic acid groups (broad SMARTS) is 1. The maximum absolute atomic E-state index is 11.2. The van der Waals surface area contributed by atoms with E-state index in [9.17, 15) is 4.79 Å². The van der Waals surface area contributed by atoms with Crippen molar-refractivity contribution in [2.45, 2.75) is 53.6 Å². The van der Waals surface area contributed by atoms with Gasteiger partial charge < -0.3 is 9.84 Å². The Hall–Kier alpha value is -1.49. The first-order valence-corrected chi connectivity index (χ1v) is 6.99. The standard InChI is InChI=1S/C15H24N2O3/c1-7-20-13(8(2)3)14-16-10(5)12(11(6)17-14)9(4)15(18)19/h8-9,13H,7H2,1-6H3,(H,18,19). The molecule has 0 saturated heterocycles. The number of aliphatic carboxylic acids is 1. The van der Waals surface area contributed by atoms with Crippen LogP contribution < -0.4 is 0 Å². The Bertz CT molecular complexity index is 463. The molecule has 112 valence electrons. The number of ether oxygens (including phenoxy) is 1. The van der Waals surface area contributed by atoms with Crippen molar-refractivity contribution in [1.29, 1.82) is 0 Å². The minimum Gasteiger partial charge on any atom is -0.481 e. The van der Waals surface area contributed by atoms with Gasteiger partial charge in [0.2, 0.25) is 0 Å². The van der Waals surface area contributed by atoms with E-state index < -0.39 is 11.9 Å². The number of rotatable bonds is 6. The second-order valence-electron chi connectivity index (χ2n) is 5.35. The SMILES string of the molecule is CCOC(c1nc(C)c(C(C)C(=O)O)c(C)n1)C(C)C. The molecule has 1 heterocycles. The van der Waals surface area contributed by atoms with Crippen LogP contribution in [0.25, 0.3) is 0 Å². The Morgan fingerprint density at radius 2 is 1.70 bits per heavy atom. The van der Waals surface area contributed by atoms with Gasteiger partial charge in [0.15, 0.2) is 5.82 Å². The van der Waals surface area contributed by atoms with Crippen molar-refractivity contribution in [1.82, 2.24) is 9.97 Å². The lowest BCUT2D eigenvalue weighted by Crippen LogP contribution is -2.19. The molecular weight excluding hydrogens is 256 g/mol. The molecule has 0 spiro atoms. The van der Waals surface area contributed by atoms with E-state index in [0.717, 1.165) is 0 Å². The van der Waals surface area contributed by atoms with Gasteiger partial charge >= 0.3 is 5.97 Å². The van der Waals surface area contributed by atoms with Crippen LogP contribution in [0.5, 0.6) is 0 Å². The fourth-order valence-electron chi connectivity index (χ4n) is 2.37. The number of carbonyl (C=O) groups is 1. The summed E-state index contributed by atoms with van der Waals surface area (Å²) in [5, 5.41) is 9.16. The Morgan fingerprint density at radius 3 is 2.05 bits per heavy atom. The van der Waals surface area contributed by atoms with Crippen molar-refractivity contribution in [2.75, 3.05) is 6.61 Å². The van der Waals surface area contributed by atoms with Crippen LogP contribution in [0, 0.1) is 19.8 Å². The van der Waals surface area contributed by atoms with Crippen molar-refractivity contribution in [2.24, 2.45) is 5.92 Å². The average Bonchev–Trinajstić information content (AvgIpc) is 2.34. The van der Waals surface area contributed by atoms with E-state index in [4.69, 9.17) is 9.84 Å².